The lowest BCUT2D eigenvalue weighted by molar-refractivity contribution is -0.104. The van der Waals surface area contributed by atoms with Crippen LogP contribution < -0.4 is 0 Å². The van der Waals surface area contributed by atoms with E-state index in [0.717, 1.165) is 13.3 Å². The Balaban J connectivity index is 2.67. The SMILES string of the molecule is C[C@H]1C[C@H](OP(C)(=O)O)[C@@H](OP(C)(=O)O)O1. The Bertz CT molecular complexity index is 300. The molecule has 0 amide bonds. The number of hydrogen-bond donors (Lipinski definition) is 2. The molecule has 0 aromatic carbocycles. The lowest BCUT2D eigenvalue weighted by Gasteiger charge is -2.21. The Hall–Kier alpha value is 0.260. The molecule has 0 aromatic rings. The van der Waals surface area contributed by atoms with E-state index in [4.69, 9.17) is 23.6 Å². The summed E-state index contributed by atoms with van der Waals surface area (Å²) in [5.41, 5.74) is 0. The van der Waals surface area contributed by atoms with Gasteiger partial charge < -0.3 is 19.0 Å². The molecule has 1 aliphatic rings. The van der Waals surface area contributed by atoms with E-state index in [0.29, 0.717) is 6.42 Å². The summed E-state index contributed by atoms with van der Waals surface area (Å²) < 4.78 is 36.9. The molecule has 2 N–H and O–H groups in total. The molecule has 2 unspecified atom stereocenters. The van der Waals surface area contributed by atoms with Gasteiger partial charge in [-0.15, -0.1) is 0 Å². The third-order valence-corrected chi connectivity index (χ3v) is 3.13. The highest BCUT2D eigenvalue weighted by Crippen LogP contribution is 2.46. The van der Waals surface area contributed by atoms with Crippen molar-refractivity contribution < 1.29 is 32.7 Å². The first-order chi connectivity index (χ1) is 7.07. The Kier molecular flexibility index (Phi) is 4.35. The van der Waals surface area contributed by atoms with Gasteiger partial charge in [-0.25, -0.2) is 0 Å². The summed E-state index contributed by atoms with van der Waals surface area (Å²) in [6.07, 6.45) is -1.82. The highest BCUT2D eigenvalue weighted by atomic mass is 31.2. The van der Waals surface area contributed by atoms with Crippen LogP contribution >= 0.6 is 15.2 Å². The molecule has 0 bridgehead atoms. The largest absolute Gasteiger partial charge is 0.346 e. The molecule has 0 radical (unpaired) electrons. The predicted molar refractivity (Wildman–Crippen MR) is 56.4 cm³/mol. The Morgan fingerprint density at radius 1 is 1.19 bits per heavy atom. The summed E-state index contributed by atoms with van der Waals surface area (Å²) in [4.78, 5) is 18.1. The zero-order valence-corrected chi connectivity index (χ0v) is 11.1. The maximum absolute atomic E-state index is 11.1. The first kappa shape index (κ1) is 14.3. The molecule has 96 valence electrons. The molecule has 0 saturated carbocycles. The van der Waals surface area contributed by atoms with Crippen LogP contribution in [0.5, 0.6) is 0 Å². The Labute approximate surface area is 93.8 Å². The molecule has 1 saturated heterocycles. The minimum absolute atomic E-state index is 0.256. The third kappa shape index (κ3) is 5.06. The van der Waals surface area contributed by atoms with Crippen LogP contribution in [0.15, 0.2) is 0 Å². The second-order valence-electron chi connectivity index (χ2n) is 3.91. The third-order valence-electron chi connectivity index (χ3n) is 1.86. The lowest BCUT2D eigenvalue weighted by Crippen LogP contribution is -2.25. The minimum Gasteiger partial charge on any atom is -0.346 e. The quantitative estimate of drug-likeness (QED) is 0.741. The second kappa shape index (κ2) is 4.86. The highest BCUT2D eigenvalue weighted by Gasteiger charge is 2.40. The van der Waals surface area contributed by atoms with Crippen molar-refractivity contribution >= 4 is 15.2 Å². The summed E-state index contributed by atoms with van der Waals surface area (Å²) >= 11 is 0. The fraction of sp³-hybridized carbons (Fsp3) is 1.00. The first-order valence-corrected chi connectivity index (χ1v) is 8.74. The van der Waals surface area contributed by atoms with Crippen LogP contribution in [-0.2, 0) is 22.9 Å². The number of hydrogen-bond acceptors (Lipinski definition) is 5. The van der Waals surface area contributed by atoms with Gasteiger partial charge in [-0.3, -0.25) is 13.7 Å². The van der Waals surface area contributed by atoms with Gasteiger partial charge in [-0.05, 0) is 6.92 Å². The van der Waals surface area contributed by atoms with Gasteiger partial charge in [0.15, 0.2) is 6.29 Å². The van der Waals surface area contributed by atoms with E-state index < -0.39 is 27.6 Å². The zero-order valence-electron chi connectivity index (χ0n) is 9.27. The summed E-state index contributed by atoms with van der Waals surface area (Å²) in [7, 11) is -7.40. The molecule has 16 heavy (non-hydrogen) atoms. The molecule has 1 heterocycles. The van der Waals surface area contributed by atoms with Crippen LogP contribution in [0.2, 0.25) is 0 Å². The molecule has 9 heteroatoms. The van der Waals surface area contributed by atoms with Crippen molar-refractivity contribution in [3.63, 3.8) is 0 Å². The van der Waals surface area contributed by atoms with Gasteiger partial charge >= 0.3 is 15.2 Å². The van der Waals surface area contributed by atoms with Crippen molar-refractivity contribution in [1.82, 2.24) is 0 Å². The molecule has 5 atom stereocenters. The molecule has 1 rings (SSSR count). The standard InChI is InChI=1S/C7H16O7P2/c1-5-4-6(13-15(2,8)9)7(12-5)14-16(3,10)11/h5-7H,4H2,1-3H3,(H,8,9)(H,10,11)/t5-,6-,7+/m0/s1. The summed E-state index contributed by atoms with van der Waals surface area (Å²) in [5, 5.41) is 0. The molecule has 7 nitrogen and oxygen atoms in total. The van der Waals surface area contributed by atoms with Crippen molar-refractivity contribution in [2.45, 2.75) is 31.8 Å². The normalized spacial score (nSPS) is 37.9. The van der Waals surface area contributed by atoms with E-state index in [1.807, 2.05) is 0 Å². The van der Waals surface area contributed by atoms with Crippen molar-refractivity contribution in [2.24, 2.45) is 0 Å². The fourth-order valence-electron chi connectivity index (χ4n) is 1.44. The average Bonchev–Trinajstić information content (AvgIpc) is 2.23. The van der Waals surface area contributed by atoms with Crippen LogP contribution in [0, 0.1) is 0 Å². The van der Waals surface area contributed by atoms with E-state index in [2.05, 4.69) is 0 Å². The van der Waals surface area contributed by atoms with Gasteiger partial charge in [0.2, 0.25) is 0 Å². The second-order valence-corrected chi connectivity index (χ2v) is 7.54. The molecule has 1 fully saturated rings. The van der Waals surface area contributed by atoms with Crippen LogP contribution in [0.4, 0.5) is 0 Å². The summed E-state index contributed by atoms with van der Waals surface area (Å²) in [5.74, 6) is 0. The summed E-state index contributed by atoms with van der Waals surface area (Å²) in [6, 6.07) is 0. The molecule has 0 spiro atoms. The van der Waals surface area contributed by atoms with Gasteiger partial charge in [-0.2, -0.15) is 0 Å². The van der Waals surface area contributed by atoms with Gasteiger partial charge in [0.05, 0.1) is 6.10 Å². The molecular weight excluding hydrogens is 258 g/mol. The van der Waals surface area contributed by atoms with Crippen molar-refractivity contribution in [3.8, 4) is 0 Å². The first-order valence-electron chi connectivity index (χ1n) is 4.69. The smallest absolute Gasteiger partial charge is 0.327 e. The average molecular weight is 274 g/mol. The van der Waals surface area contributed by atoms with Gasteiger partial charge in [-0.1, -0.05) is 0 Å². The van der Waals surface area contributed by atoms with E-state index in [-0.39, 0.29) is 6.10 Å². The Morgan fingerprint density at radius 2 is 1.69 bits per heavy atom. The summed E-state index contributed by atoms with van der Waals surface area (Å²) in [6.45, 7) is 3.77. The molecule has 0 aromatic heterocycles. The maximum atomic E-state index is 11.1. The van der Waals surface area contributed by atoms with Crippen LogP contribution in [0.3, 0.4) is 0 Å². The molecular formula is C7H16O7P2. The van der Waals surface area contributed by atoms with Gasteiger partial charge in [0.25, 0.3) is 0 Å². The number of ether oxygens (including phenoxy) is 1. The fourth-order valence-corrected chi connectivity index (χ4v) is 2.70. The lowest BCUT2D eigenvalue weighted by atomic mass is 10.2. The van der Waals surface area contributed by atoms with E-state index >= 15 is 0 Å². The Morgan fingerprint density at radius 3 is 2.12 bits per heavy atom. The van der Waals surface area contributed by atoms with Crippen molar-refractivity contribution in [2.75, 3.05) is 13.3 Å². The molecule has 0 aliphatic carbocycles. The predicted octanol–water partition coefficient (Wildman–Crippen LogP) is 1.15. The van der Waals surface area contributed by atoms with E-state index in [9.17, 15) is 9.13 Å². The van der Waals surface area contributed by atoms with Gasteiger partial charge in [0, 0.05) is 19.8 Å². The van der Waals surface area contributed by atoms with Gasteiger partial charge in [0.1, 0.15) is 6.10 Å². The number of rotatable bonds is 4. The topological polar surface area (TPSA) is 102 Å². The molecule has 1 aliphatic heterocycles. The highest BCUT2D eigenvalue weighted by molar-refractivity contribution is 7.52. The van der Waals surface area contributed by atoms with Crippen molar-refractivity contribution in [1.29, 1.82) is 0 Å². The minimum atomic E-state index is -3.72. The maximum Gasteiger partial charge on any atom is 0.327 e. The van der Waals surface area contributed by atoms with Crippen molar-refractivity contribution in [3.05, 3.63) is 0 Å². The van der Waals surface area contributed by atoms with E-state index in [1.54, 1.807) is 6.92 Å². The zero-order chi connectivity index (χ0) is 12.6. The van der Waals surface area contributed by atoms with Crippen LogP contribution in [0.1, 0.15) is 13.3 Å². The van der Waals surface area contributed by atoms with Crippen LogP contribution in [-0.4, -0.2) is 41.6 Å². The van der Waals surface area contributed by atoms with Crippen LogP contribution in [0.25, 0.3) is 0 Å². The monoisotopic (exact) mass is 274 g/mol. The van der Waals surface area contributed by atoms with E-state index in [1.165, 1.54) is 0 Å².